The third-order valence-corrected chi connectivity index (χ3v) is 4.72. The number of urea groups is 1. The SMILES string of the molecule is COC(=O)/C=C(/Nc1ccc(CN2C(=O)C3CCCN3C2=O)cc1)C(=O)OC. The summed E-state index contributed by atoms with van der Waals surface area (Å²) >= 11 is 0. The highest BCUT2D eigenvalue weighted by molar-refractivity contribution is 6.04. The number of carbonyl (C=O) groups excluding carboxylic acids is 4. The van der Waals surface area contributed by atoms with Crippen molar-refractivity contribution in [1.82, 2.24) is 9.80 Å². The quantitative estimate of drug-likeness (QED) is 0.445. The summed E-state index contributed by atoms with van der Waals surface area (Å²) < 4.78 is 9.16. The summed E-state index contributed by atoms with van der Waals surface area (Å²) in [4.78, 5) is 50.9. The summed E-state index contributed by atoms with van der Waals surface area (Å²) in [6, 6.07) is 6.26. The van der Waals surface area contributed by atoms with Gasteiger partial charge in [0.1, 0.15) is 11.7 Å². The number of benzene rings is 1. The molecule has 0 aliphatic carbocycles. The maximum absolute atomic E-state index is 12.4. The van der Waals surface area contributed by atoms with Gasteiger partial charge in [-0.15, -0.1) is 0 Å². The average Bonchev–Trinajstić information content (AvgIpc) is 3.27. The summed E-state index contributed by atoms with van der Waals surface area (Å²) in [7, 11) is 2.40. The highest BCUT2D eigenvalue weighted by Gasteiger charge is 2.47. The molecule has 1 aromatic rings. The Bertz CT molecular complexity index is 811. The molecule has 0 radical (unpaired) electrons. The van der Waals surface area contributed by atoms with Crippen LogP contribution in [0.4, 0.5) is 10.5 Å². The second-order valence-electron chi connectivity index (χ2n) is 6.45. The van der Waals surface area contributed by atoms with Gasteiger partial charge in [0.25, 0.3) is 5.91 Å². The molecule has 2 aliphatic heterocycles. The molecule has 1 aromatic carbocycles. The number of imide groups is 1. The minimum atomic E-state index is -0.719. The van der Waals surface area contributed by atoms with Gasteiger partial charge in [-0.05, 0) is 30.5 Å². The van der Waals surface area contributed by atoms with Crippen molar-refractivity contribution in [2.24, 2.45) is 0 Å². The van der Waals surface area contributed by atoms with E-state index in [2.05, 4.69) is 14.8 Å². The molecule has 2 heterocycles. The van der Waals surface area contributed by atoms with Gasteiger partial charge < -0.3 is 19.7 Å². The van der Waals surface area contributed by atoms with Gasteiger partial charge in [0, 0.05) is 12.2 Å². The standard InChI is InChI=1S/C19H21N3O6/c1-27-16(23)10-14(18(25)28-2)20-13-7-5-12(6-8-13)11-22-17(24)15-4-3-9-21(15)19(22)26/h5-8,10,15,20H,3-4,9,11H2,1-2H3/b14-10+. The molecule has 0 saturated carbocycles. The first-order valence-electron chi connectivity index (χ1n) is 8.80. The van der Waals surface area contributed by atoms with Crippen LogP contribution in [0.2, 0.25) is 0 Å². The Morgan fingerprint density at radius 2 is 1.89 bits per heavy atom. The first-order chi connectivity index (χ1) is 13.4. The zero-order valence-electron chi connectivity index (χ0n) is 15.6. The Balaban J connectivity index is 1.69. The van der Waals surface area contributed by atoms with Gasteiger partial charge in [0.05, 0.1) is 26.8 Å². The van der Waals surface area contributed by atoms with Crippen LogP contribution >= 0.6 is 0 Å². The number of hydrogen-bond donors (Lipinski definition) is 1. The third-order valence-electron chi connectivity index (χ3n) is 4.72. The van der Waals surface area contributed by atoms with Crippen molar-refractivity contribution in [1.29, 1.82) is 0 Å². The first-order valence-corrected chi connectivity index (χ1v) is 8.80. The van der Waals surface area contributed by atoms with E-state index in [1.807, 2.05) is 0 Å². The van der Waals surface area contributed by atoms with Gasteiger partial charge in [-0.3, -0.25) is 9.69 Å². The van der Waals surface area contributed by atoms with E-state index in [1.54, 1.807) is 29.2 Å². The van der Waals surface area contributed by atoms with Crippen molar-refractivity contribution in [2.75, 3.05) is 26.1 Å². The Morgan fingerprint density at radius 1 is 1.18 bits per heavy atom. The van der Waals surface area contributed by atoms with Crippen LogP contribution in [0.1, 0.15) is 18.4 Å². The molecule has 9 nitrogen and oxygen atoms in total. The number of methoxy groups -OCH3 is 2. The summed E-state index contributed by atoms with van der Waals surface area (Å²) in [5, 5.41) is 2.80. The lowest BCUT2D eigenvalue weighted by Gasteiger charge is -2.16. The molecule has 28 heavy (non-hydrogen) atoms. The minimum absolute atomic E-state index is 0.0763. The molecule has 3 rings (SSSR count). The van der Waals surface area contributed by atoms with E-state index in [4.69, 9.17) is 0 Å². The van der Waals surface area contributed by atoms with E-state index < -0.39 is 11.9 Å². The van der Waals surface area contributed by atoms with Crippen molar-refractivity contribution in [2.45, 2.75) is 25.4 Å². The van der Waals surface area contributed by atoms with Gasteiger partial charge in [-0.25, -0.2) is 14.4 Å². The summed E-state index contributed by atoms with van der Waals surface area (Å²) in [6.45, 7) is 0.810. The highest BCUT2D eigenvalue weighted by atomic mass is 16.5. The second-order valence-corrected chi connectivity index (χ2v) is 6.45. The van der Waals surface area contributed by atoms with E-state index in [-0.39, 0.29) is 30.2 Å². The molecule has 9 heteroatoms. The van der Waals surface area contributed by atoms with E-state index in [1.165, 1.54) is 19.1 Å². The highest BCUT2D eigenvalue weighted by Crippen LogP contribution is 2.28. The number of hydrogen-bond acceptors (Lipinski definition) is 7. The fraction of sp³-hybridized carbons (Fsp3) is 0.368. The first kappa shape index (κ1) is 19.4. The van der Waals surface area contributed by atoms with Crippen LogP contribution in [-0.2, 0) is 30.4 Å². The maximum atomic E-state index is 12.4. The van der Waals surface area contributed by atoms with E-state index in [9.17, 15) is 19.2 Å². The number of anilines is 1. The normalized spacial score (nSPS) is 18.9. The molecular weight excluding hydrogens is 366 g/mol. The van der Waals surface area contributed by atoms with Crippen LogP contribution in [0.3, 0.4) is 0 Å². The fourth-order valence-electron chi connectivity index (χ4n) is 3.29. The molecule has 2 saturated heterocycles. The molecule has 1 atom stereocenters. The van der Waals surface area contributed by atoms with Gasteiger partial charge in [-0.1, -0.05) is 12.1 Å². The molecule has 0 aromatic heterocycles. The predicted molar refractivity (Wildman–Crippen MR) is 97.9 cm³/mol. The van der Waals surface area contributed by atoms with Gasteiger partial charge >= 0.3 is 18.0 Å². The molecule has 1 unspecified atom stereocenters. The number of amides is 3. The van der Waals surface area contributed by atoms with Gasteiger partial charge in [0.15, 0.2) is 0 Å². The summed E-state index contributed by atoms with van der Waals surface area (Å²) in [6.07, 6.45) is 2.57. The smallest absolute Gasteiger partial charge is 0.354 e. The number of carbonyl (C=O) groups is 4. The number of fused-ring (bicyclic) bond motifs is 1. The Kier molecular flexibility index (Phi) is 5.62. The third kappa shape index (κ3) is 3.83. The Hall–Kier alpha value is -3.36. The zero-order valence-corrected chi connectivity index (χ0v) is 15.6. The summed E-state index contributed by atoms with van der Waals surface area (Å²) in [5.41, 5.74) is 1.22. The van der Waals surface area contributed by atoms with E-state index in [0.717, 1.165) is 18.1 Å². The molecular formula is C19H21N3O6. The molecule has 2 fully saturated rings. The lowest BCUT2D eigenvalue weighted by Crippen LogP contribution is -2.32. The van der Waals surface area contributed by atoms with E-state index >= 15 is 0 Å². The monoisotopic (exact) mass is 387 g/mol. The van der Waals surface area contributed by atoms with Crippen LogP contribution < -0.4 is 5.32 Å². The van der Waals surface area contributed by atoms with Crippen LogP contribution in [0.25, 0.3) is 0 Å². The molecule has 0 spiro atoms. The van der Waals surface area contributed by atoms with Crippen LogP contribution in [-0.4, -0.2) is 60.5 Å². The number of nitrogens with zero attached hydrogens (tertiary/aromatic N) is 2. The van der Waals surface area contributed by atoms with Crippen molar-refractivity contribution < 1.29 is 28.7 Å². The van der Waals surface area contributed by atoms with Crippen LogP contribution in [0, 0.1) is 0 Å². The second kappa shape index (κ2) is 8.12. The van der Waals surface area contributed by atoms with Crippen LogP contribution in [0.5, 0.6) is 0 Å². The average molecular weight is 387 g/mol. The number of ether oxygens (including phenoxy) is 2. The molecule has 148 valence electrons. The topological polar surface area (TPSA) is 105 Å². The number of esters is 2. The van der Waals surface area contributed by atoms with E-state index in [0.29, 0.717) is 18.7 Å². The van der Waals surface area contributed by atoms with Gasteiger partial charge in [0.2, 0.25) is 0 Å². The van der Waals surface area contributed by atoms with Crippen molar-refractivity contribution in [3.05, 3.63) is 41.6 Å². The van der Waals surface area contributed by atoms with Crippen molar-refractivity contribution >= 4 is 29.6 Å². The Labute approximate surface area is 161 Å². The molecule has 1 N–H and O–H groups in total. The van der Waals surface area contributed by atoms with Crippen molar-refractivity contribution in [3.8, 4) is 0 Å². The maximum Gasteiger partial charge on any atom is 0.354 e. The lowest BCUT2D eigenvalue weighted by atomic mass is 10.1. The number of nitrogens with one attached hydrogen (secondary N) is 1. The predicted octanol–water partition coefficient (Wildman–Crippen LogP) is 1.25. The summed E-state index contributed by atoms with van der Waals surface area (Å²) in [5.74, 6) is -1.57. The largest absolute Gasteiger partial charge is 0.466 e. The molecule has 3 amide bonds. The Morgan fingerprint density at radius 3 is 2.50 bits per heavy atom. The van der Waals surface area contributed by atoms with Crippen LogP contribution in [0.15, 0.2) is 36.0 Å². The molecule has 2 aliphatic rings. The van der Waals surface area contributed by atoms with Crippen molar-refractivity contribution in [3.63, 3.8) is 0 Å². The zero-order chi connectivity index (χ0) is 20.3. The fourth-order valence-corrected chi connectivity index (χ4v) is 3.29. The minimum Gasteiger partial charge on any atom is -0.466 e. The molecule has 0 bridgehead atoms. The van der Waals surface area contributed by atoms with Gasteiger partial charge in [-0.2, -0.15) is 0 Å². The number of rotatable bonds is 6. The lowest BCUT2D eigenvalue weighted by molar-refractivity contribution is -0.138.